The van der Waals surface area contributed by atoms with Crippen molar-refractivity contribution in [2.24, 2.45) is 0 Å². The van der Waals surface area contributed by atoms with Gasteiger partial charge in [0.25, 0.3) is 0 Å². The van der Waals surface area contributed by atoms with Crippen LogP contribution in [-0.4, -0.2) is 39.4 Å². The van der Waals surface area contributed by atoms with Gasteiger partial charge in [0, 0.05) is 23.3 Å². The SMILES string of the molecule is CC1(C)OCCN1C(=O)n1cnc(-c2ccc(Cl)cc2)c1. The number of carbonyl (C=O) groups is 1. The number of hydrogen-bond acceptors (Lipinski definition) is 3. The summed E-state index contributed by atoms with van der Waals surface area (Å²) in [6.45, 7) is 4.90. The molecule has 0 saturated carbocycles. The molecule has 3 rings (SSSR count). The zero-order valence-electron chi connectivity index (χ0n) is 11.9. The summed E-state index contributed by atoms with van der Waals surface area (Å²) in [5, 5.41) is 0.672. The summed E-state index contributed by atoms with van der Waals surface area (Å²) < 4.78 is 7.04. The first-order valence-electron chi connectivity index (χ1n) is 6.73. The van der Waals surface area contributed by atoms with E-state index in [2.05, 4.69) is 4.98 Å². The molecular weight excluding hydrogens is 290 g/mol. The van der Waals surface area contributed by atoms with Gasteiger partial charge in [0.05, 0.1) is 12.3 Å². The van der Waals surface area contributed by atoms with Crippen molar-refractivity contribution >= 4 is 17.6 Å². The van der Waals surface area contributed by atoms with Gasteiger partial charge < -0.3 is 4.74 Å². The Morgan fingerprint density at radius 3 is 2.67 bits per heavy atom. The van der Waals surface area contributed by atoms with Crippen LogP contribution in [0.25, 0.3) is 11.3 Å². The van der Waals surface area contributed by atoms with Gasteiger partial charge in [0.15, 0.2) is 0 Å². The van der Waals surface area contributed by atoms with Crippen molar-refractivity contribution < 1.29 is 9.53 Å². The Bertz CT molecular complexity index is 664. The van der Waals surface area contributed by atoms with Crippen LogP contribution in [-0.2, 0) is 4.74 Å². The van der Waals surface area contributed by atoms with Crippen LogP contribution in [0.2, 0.25) is 5.02 Å². The van der Waals surface area contributed by atoms with E-state index in [1.807, 2.05) is 26.0 Å². The first-order chi connectivity index (χ1) is 9.97. The van der Waals surface area contributed by atoms with Crippen LogP contribution in [0.1, 0.15) is 13.8 Å². The zero-order valence-corrected chi connectivity index (χ0v) is 12.7. The van der Waals surface area contributed by atoms with E-state index in [0.717, 1.165) is 11.3 Å². The summed E-state index contributed by atoms with van der Waals surface area (Å²) in [4.78, 5) is 18.5. The van der Waals surface area contributed by atoms with Crippen molar-refractivity contribution in [2.45, 2.75) is 19.6 Å². The smallest absolute Gasteiger partial charge is 0.331 e. The average Bonchev–Trinajstić information content (AvgIpc) is 3.05. The summed E-state index contributed by atoms with van der Waals surface area (Å²) in [6, 6.07) is 7.22. The lowest BCUT2D eigenvalue weighted by Gasteiger charge is -2.29. The molecule has 2 aromatic rings. The summed E-state index contributed by atoms with van der Waals surface area (Å²) >= 11 is 5.87. The Labute approximate surface area is 128 Å². The number of nitrogens with zero attached hydrogens (tertiary/aromatic N) is 3. The fourth-order valence-electron chi connectivity index (χ4n) is 2.40. The number of imidazole rings is 1. The molecule has 0 atom stereocenters. The third-order valence-electron chi connectivity index (χ3n) is 3.59. The molecule has 0 aliphatic carbocycles. The molecule has 0 bridgehead atoms. The normalized spacial score (nSPS) is 17.2. The minimum atomic E-state index is -0.582. The van der Waals surface area contributed by atoms with Gasteiger partial charge >= 0.3 is 6.03 Å². The largest absolute Gasteiger partial charge is 0.354 e. The molecule has 1 aromatic heterocycles. The monoisotopic (exact) mass is 305 g/mol. The standard InChI is InChI=1S/C15H16ClN3O2/c1-15(2)19(7-8-21-15)14(20)18-9-13(17-10-18)11-3-5-12(16)6-4-11/h3-6,9-10H,7-8H2,1-2H3. The molecule has 110 valence electrons. The van der Waals surface area contributed by atoms with E-state index < -0.39 is 5.72 Å². The third-order valence-corrected chi connectivity index (χ3v) is 3.85. The van der Waals surface area contributed by atoms with Gasteiger partial charge in [0.2, 0.25) is 0 Å². The highest BCUT2D eigenvalue weighted by Crippen LogP contribution is 2.24. The number of hydrogen-bond donors (Lipinski definition) is 0. The van der Waals surface area contributed by atoms with Gasteiger partial charge in [-0.1, -0.05) is 23.7 Å². The lowest BCUT2D eigenvalue weighted by molar-refractivity contribution is -0.0305. The van der Waals surface area contributed by atoms with E-state index in [0.29, 0.717) is 18.2 Å². The van der Waals surface area contributed by atoms with Crippen molar-refractivity contribution in [3.8, 4) is 11.3 Å². The number of amides is 1. The van der Waals surface area contributed by atoms with Gasteiger partial charge in [0.1, 0.15) is 12.1 Å². The molecule has 1 aromatic carbocycles. The lowest BCUT2D eigenvalue weighted by atomic mass is 10.2. The fourth-order valence-corrected chi connectivity index (χ4v) is 2.52. The van der Waals surface area contributed by atoms with Crippen LogP contribution in [0.5, 0.6) is 0 Å². The zero-order chi connectivity index (χ0) is 15.0. The number of halogens is 1. The minimum absolute atomic E-state index is 0.134. The molecule has 1 fully saturated rings. The average molecular weight is 306 g/mol. The van der Waals surface area contributed by atoms with Gasteiger partial charge in [-0.05, 0) is 26.0 Å². The fraction of sp³-hybridized carbons (Fsp3) is 0.333. The molecule has 1 saturated heterocycles. The Balaban J connectivity index is 1.85. The van der Waals surface area contributed by atoms with Crippen LogP contribution < -0.4 is 0 Å². The lowest BCUT2D eigenvalue weighted by Crippen LogP contribution is -2.45. The second kappa shape index (κ2) is 5.16. The maximum Gasteiger partial charge on any atom is 0.331 e. The Morgan fingerprint density at radius 2 is 2.05 bits per heavy atom. The van der Waals surface area contributed by atoms with E-state index in [1.54, 1.807) is 23.2 Å². The highest BCUT2D eigenvalue weighted by Gasteiger charge is 2.37. The molecule has 1 aliphatic heterocycles. The van der Waals surface area contributed by atoms with Crippen LogP contribution >= 0.6 is 11.6 Å². The summed E-state index contributed by atoms with van der Waals surface area (Å²) in [5.74, 6) is 0. The topological polar surface area (TPSA) is 47.4 Å². The van der Waals surface area contributed by atoms with E-state index in [-0.39, 0.29) is 6.03 Å². The van der Waals surface area contributed by atoms with Crippen molar-refractivity contribution in [3.05, 3.63) is 41.8 Å². The number of aromatic nitrogens is 2. The van der Waals surface area contributed by atoms with Crippen molar-refractivity contribution in [3.63, 3.8) is 0 Å². The van der Waals surface area contributed by atoms with Crippen LogP contribution in [0.3, 0.4) is 0 Å². The van der Waals surface area contributed by atoms with E-state index in [4.69, 9.17) is 16.3 Å². The van der Waals surface area contributed by atoms with E-state index in [1.165, 1.54) is 10.9 Å². The minimum Gasteiger partial charge on any atom is -0.354 e. The van der Waals surface area contributed by atoms with Crippen molar-refractivity contribution in [1.29, 1.82) is 0 Å². The Hall–Kier alpha value is -1.85. The molecule has 5 nitrogen and oxygen atoms in total. The molecule has 0 N–H and O–H groups in total. The second-order valence-corrected chi connectivity index (χ2v) is 5.84. The second-order valence-electron chi connectivity index (χ2n) is 5.40. The molecule has 0 unspecified atom stereocenters. The quantitative estimate of drug-likeness (QED) is 0.812. The van der Waals surface area contributed by atoms with Gasteiger partial charge in [-0.15, -0.1) is 0 Å². The maximum absolute atomic E-state index is 12.5. The van der Waals surface area contributed by atoms with Gasteiger partial charge in [-0.25, -0.2) is 9.78 Å². The third kappa shape index (κ3) is 2.66. The van der Waals surface area contributed by atoms with Gasteiger partial charge in [-0.2, -0.15) is 0 Å². The van der Waals surface area contributed by atoms with E-state index in [9.17, 15) is 4.79 Å². The molecule has 21 heavy (non-hydrogen) atoms. The number of ether oxygens (including phenoxy) is 1. The molecule has 6 heteroatoms. The molecule has 0 spiro atoms. The summed E-state index contributed by atoms with van der Waals surface area (Å²) in [6.07, 6.45) is 3.25. The summed E-state index contributed by atoms with van der Waals surface area (Å²) in [7, 11) is 0. The van der Waals surface area contributed by atoms with E-state index >= 15 is 0 Å². The first kappa shape index (κ1) is 14.1. The van der Waals surface area contributed by atoms with Crippen molar-refractivity contribution in [1.82, 2.24) is 14.5 Å². The Kier molecular flexibility index (Phi) is 3.47. The highest BCUT2D eigenvalue weighted by atomic mass is 35.5. The van der Waals surface area contributed by atoms with Gasteiger partial charge in [-0.3, -0.25) is 9.47 Å². The number of carbonyl (C=O) groups excluding carboxylic acids is 1. The summed E-state index contributed by atoms with van der Waals surface area (Å²) in [5.41, 5.74) is 1.07. The maximum atomic E-state index is 12.5. The highest BCUT2D eigenvalue weighted by molar-refractivity contribution is 6.30. The molecular formula is C15H16ClN3O2. The predicted octanol–water partition coefficient (Wildman–Crippen LogP) is 3.24. The number of rotatable bonds is 1. The number of benzene rings is 1. The predicted molar refractivity (Wildman–Crippen MR) is 80.2 cm³/mol. The van der Waals surface area contributed by atoms with Crippen molar-refractivity contribution in [2.75, 3.05) is 13.2 Å². The molecule has 0 radical (unpaired) electrons. The van der Waals surface area contributed by atoms with Crippen LogP contribution in [0.15, 0.2) is 36.8 Å². The van der Waals surface area contributed by atoms with Crippen LogP contribution in [0, 0.1) is 0 Å². The molecule has 1 aliphatic rings. The molecule has 1 amide bonds. The van der Waals surface area contributed by atoms with Crippen LogP contribution in [0.4, 0.5) is 4.79 Å². The molecule has 2 heterocycles. The first-order valence-corrected chi connectivity index (χ1v) is 7.11. The Morgan fingerprint density at radius 1 is 1.33 bits per heavy atom.